The first kappa shape index (κ1) is 43.0. The maximum atomic E-state index is 12.8. The fourth-order valence-electron chi connectivity index (χ4n) is 7.49. The van der Waals surface area contributed by atoms with Crippen LogP contribution in [0.25, 0.3) is 21.5 Å². The zero-order valence-corrected chi connectivity index (χ0v) is 34.2. The van der Waals surface area contributed by atoms with Gasteiger partial charge in [0.1, 0.15) is 5.75 Å². The van der Waals surface area contributed by atoms with E-state index in [1.165, 1.54) is 12.1 Å². The Morgan fingerprint density at radius 3 is 1.29 bits per heavy atom. The number of carbonyl (C=O) groups is 4. The molecule has 2 N–H and O–H groups in total. The summed E-state index contributed by atoms with van der Waals surface area (Å²) in [5, 5.41) is 10.2. The topological polar surface area (TPSA) is 115 Å². The van der Waals surface area contributed by atoms with Gasteiger partial charge in [0.05, 0.1) is 12.7 Å². The van der Waals surface area contributed by atoms with Crippen molar-refractivity contribution < 1.29 is 37.1 Å². The van der Waals surface area contributed by atoms with Gasteiger partial charge in [0.15, 0.2) is 0 Å². The molecular weight excluding hydrogens is 798 g/mol. The van der Waals surface area contributed by atoms with Crippen LogP contribution in [0.5, 0.6) is 5.75 Å². The molecule has 0 radical (unpaired) electrons. The van der Waals surface area contributed by atoms with Crippen LogP contribution in [-0.2, 0) is 6.18 Å². The number of rotatable bonds is 5. The molecule has 6 aromatic rings. The molecule has 62 heavy (non-hydrogen) atoms. The lowest BCUT2D eigenvalue weighted by Crippen LogP contribution is -2.39. The lowest BCUT2D eigenvalue weighted by atomic mass is 10.1. The SMILES string of the molecule is COc1ccc(C(=O)N2CCCN(C(=O)Nc3ccc4ccccc4c3)CC2)cc1.O=C(Nc1ccc2ccccc2c1)N1CCCN(C(=O)c2ccc(C(F)(F)F)cc2)CC1. The van der Waals surface area contributed by atoms with E-state index in [2.05, 4.69) is 10.6 Å². The molecule has 0 spiro atoms. The van der Waals surface area contributed by atoms with Crippen molar-refractivity contribution in [1.82, 2.24) is 19.6 Å². The van der Waals surface area contributed by atoms with Crippen molar-refractivity contribution in [2.24, 2.45) is 0 Å². The summed E-state index contributed by atoms with van der Waals surface area (Å²) in [4.78, 5) is 57.9. The van der Waals surface area contributed by atoms with Crippen LogP contribution in [0.15, 0.2) is 133 Å². The van der Waals surface area contributed by atoms with Crippen LogP contribution in [-0.4, -0.2) is 103 Å². The minimum atomic E-state index is -4.44. The highest BCUT2D eigenvalue weighted by atomic mass is 19.4. The standard InChI is InChI=1S/C24H22F3N3O2.C24H25N3O3/c25-24(26,27)20-9-6-18(7-10-20)22(31)29-12-3-13-30(15-14-29)23(32)28-21-11-8-17-4-1-2-5-19(17)16-21;1-30-22-11-8-19(9-12-22)23(28)26-13-4-14-27(16-15-26)24(29)25-21-10-7-18-5-2-3-6-20(18)17-21/h1-2,4-11,16H,3,12-15H2,(H,28,32);2-3,5-12,17H,4,13-16H2,1H3,(H,25,29). The minimum Gasteiger partial charge on any atom is -0.497 e. The summed E-state index contributed by atoms with van der Waals surface area (Å²) in [7, 11) is 1.60. The highest BCUT2D eigenvalue weighted by molar-refractivity contribution is 5.97. The van der Waals surface area contributed by atoms with E-state index in [0.29, 0.717) is 70.0 Å². The third-order valence-electron chi connectivity index (χ3n) is 10.9. The molecule has 6 amide bonds. The molecule has 8 rings (SSSR count). The Morgan fingerprint density at radius 1 is 0.484 bits per heavy atom. The number of anilines is 2. The molecule has 0 saturated carbocycles. The van der Waals surface area contributed by atoms with Gasteiger partial charge in [-0.1, -0.05) is 60.7 Å². The summed E-state index contributed by atoms with van der Waals surface area (Å²) in [5.74, 6) is 0.365. The smallest absolute Gasteiger partial charge is 0.416 e. The lowest BCUT2D eigenvalue weighted by Gasteiger charge is -2.23. The van der Waals surface area contributed by atoms with Gasteiger partial charge in [0.25, 0.3) is 11.8 Å². The van der Waals surface area contributed by atoms with Gasteiger partial charge < -0.3 is 35.0 Å². The molecule has 0 aliphatic carbocycles. The van der Waals surface area contributed by atoms with Gasteiger partial charge in [-0.05, 0) is 107 Å². The maximum absolute atomic E-state index is 12.8. The number of ether oxygens (including phenoxy) is 1. The number of carbonyl (C=O) groups excluding carboxylic acids is 4. The van der Waals surface area contributed by atoms with Crippen LogP contribution < -0.4 is 15.4 Å². The van der Waals surface area contributed by atoms with Gasteiger partial charge in [0, 0.05) is 74.9 Å². The van der Waals surface area contributed by atoms with Gasteiger partial charge in [-0.25, -0.2) is 9.59 Å². The molecule has 320 valence electrons. The number of nitrogens with one attached hydrogen (secondary N) is 2. The summed E-state index contributed by atoms with van der Waals surface area (Å²) in [6.45, 7) is 3.82. The Bertz CT molecular complexity index is 2530. The largest absolute Gasteiger partial charge is 0.497 e. The van der Waals surface area contributed by atoms with E-state index < -0.39 is 11.7 Å². The second-order valence-corrected chi connectivity index (χ2v) is 15.1. The molecule has 0 atom stereocenters. The highest BCUT2D eigenvalue weighted by Gasteiger charge is 2.31. The first-order valence-corrected chi connectivity index (χ1v) is 20.4. The number of halogens is 3. The number of alkyl halides is 3. The number of amides is 6. The maximum Gasteiger partial charge on any atom is 0.416 e. The van der Waals surface area contributed by atoms with Gasteiger partial charge in [-0.2, -0.15) is 13.2 Å². The quantitative estimate of drug-likeness (QED) is 0.180. The van der Waals surface area contributed by atoms with Crippen LogP contribution in [0.4, 0.5) is 34.1 Å². The van der Waals surface area contributed by atoms with E-state index in [4.69, 9.17) is 4.74 Å². The third-order valence-corrected chi connectivity index (χ3v) is 10.9. The number of fused-ring (bicyclic) bond motifs is 2. The number of methoxy groups -OCH3 is 1. The molecule has 0 unspecified atom stereocenters. The van der Waals surface area contributed by atoms with Crippen molar-refractivity contribution in [3.05, 3.63) is 150 Å². The normalized spacial score (nSPS) is 14.6. The third kappa shape index (κ3) is 10.8. The van der Waals surface area contributed by atoms with Crippen LogP contribution in [0.2, 0.25) is 0 Å². The van der Waals surface area contributed by atoms with E-state index in [0.717, 1.165) is 51.5 Å². The average Bonchev–Trinajstić information content (AvgIpc) is 3.71. The van der Waals surface area contributed by atoms with Crippen molar-refractivity contribution in [3.8, 4) is 5.75 Å². The molecule has 0 aromatic heterocycles. The number of hydrogen-bond acceptors (Lipinski definition) is 5. The summed E-state index contributed by atoms with van der Waals surface area (Å²) < 4.78 is 43.4. The zero-order valence-electron chi connectivity index (χ0n) is 34.2. The first-order valence-electron chi connectivity index (χ1n) is 20.4. The first-order chi connectivity index (χ1) is 29.9. The predicted molar refractivity (Wildman–Crippen MR) is 235 cm³/mol. The fourth-order valence-corrected chi connectivity index (χ4v) is 7.49. The molecule has 11 nitrogen and oxygen atoms in total. The van der Waals surface area contributed by atoms with E-state index in [9.17, 15) is 32.3 Å². The Hall–Kier alpha value is -7.09. The molecule has 14 heteroatoms. The minimum absolute atomic E-state index is 0.0190. The molecule has 0 bridgehead atoms. The van der Waals surface area contributed by atoms with Crippen LogP contribution in [0.3, 0.4) is 0 Å². The van der Waals surface area contributed by atoms with E-state index in [1.54, 1.807) is 46.1 Å². The number of hydrogen-bond donors (Lipinski definition) is 2. The molecule has 2 aliphatic heterocycles. The summed E-state index contributed by atoms with van der Waals surface area (Å²) in [6.07, 6.45) is -3.12. The second kappa shape index (κ2) is 19.5. The van der Waals surface area contributed by atoms with Gasteiger partial charge in [-0.15, -0.1) is 0 Å². The Labute approximate surface area is 357 Å². The van der Waals surface area contributed by atoms with Gasteiger partial charge in [0.2, 0.25) is 0 Å². The monoisotopic (exact) mass is 844 g/mol. The van der Waals surface area contributed by atoms with Crippen LogP contribution >= 0.6 is 0 Å². The van der Waals surface area contributed by atoms with Crippen LogP contribution in [0.1, 0.15) is 39.1 Å². The number of nitrogens with zero attached hydrogens (tertiary/aromatic N) is 4. The molecule has 2 aliphatic rings. The number of benzene rings is 6. The molecule has 6 aromatic carbocycles. The van der Waals surface area contributed by atoms with E-state index >= 15 is 0 Å². The number of urea groups is 2. The fraction of sp³-hybridized carbons (Fsp3) is 0.250. The second-order valence-electron chi connectivity index (χ2n) is 15.1. The van der Waals surface area contributed by atoms with Crippen molar-refractivity contribution in [3.63, 3.8) is 0 Å². The van der Waals surface area contributed by atoms with Gasteiger partial charge >= 0.3 is 18.2 Å². The lowest BCUT2D eigenvalue weighted by molar-refractivity contribution is -0.137. The van der Waals surface area contributed by atoms with Crippen molar-refractivity contribution in [2.75, 3.05) is 70.1 Å². The summed E-state index contributed by atoms with van der Waals surface area (Å²) >= 11 is 0. The van der Waals surface area contributed by atoms with Crippen molar-refractivity contribution >= 4 is 56.8 Å². The molecular formula is C48H47F3N6O5. The highest BCUT2D eigenvalue weighted by Crippen LogP contribution is 2.29. The Kier molecular flexibility index (Phi) is 13.5. The zero-order chi connectivity index (χ0) is 43.6. The Morgan fingerprint density at radius 2 is 0.871 bits per heavy atom. The molecule has 2 heterocycles. The van der Waals surface area contributed by atoms with E-state index in [1.807, 2.05) is 89.8 Å². The van der Waals surface area contributed by atoms with Crippen molar-refractivity contribution in [2.45, 2.75) is 19.0 Å². The van der Waals surface area contributed by atoms with Crippen molar-refractivity contribution in [1.29, 1.82) is 0 Å². The van der Waals surface area contributed by atoms with Crippen LogP contribution in [0, 0.1) is 0 Å². The molecule has 2 saturated heterocycles. The van der Waals surface area contributed by atoms with E-state index in [-0.39, 0.29) is 29.4 Å². The van der Waals surface area contributed by atoms with Gasteiger partial charge in [-0.3, -0.25) is 9.59 Å². The molecule has 2 fully saturated rings. The average molecular weight is 845 g/mol. The summed E-state index contributed by atoms with van der Waals surface area (Å²) in [5.41, 5.74) is 1.50. The summed E-state index contributed by atoms with van der Waals surface area (Å²) in [6, 6.07) is 38.5. The predicted octanol–water partition coefficient (Wildman–Crippen LogP) is 9.47. The Balaban J connectivity index is 0.000000187.